The van der Waals surface area contributed by atoms with E-state index in [1.165, 1.54) is 35.4 Å². The molecule has 4 nitrogen and oxygen atoms in total. The van der Waals surface area contributed by atoms with E-state index >= 15 is 0 Å². The molecule has 140 valence electrons. The van der Waals surface area contributed by atoms with E-state index in [2.05, 4.69) is 41.4 Å². The van der Waals surface area contributed by atoms with Gasteiger partial charge in [-0.1, -0.05) is 31.9 Å². The predicted octanol–water partition coefficient (Wildman–Crippen LogP) is 4.17. The lowest BCUT2D eigenvalue weighted by Gasteiger charge is -2.33. The maximum absolute atomic E-state index is 12.5. The number of likely N-dealkylation sites (tertiary alicyclic amines) is 1. The number of carbonyl (C=O) groups is 1. The fourth-order valence-electron chi connectivity index (χ4n) is 4.45. The molecule has 0 bridgehead atoms. The molecule has 1 saturated carbocycles. The van der Waals surface area contributed by atoms with Gasteiger partial charge in [0.1, 0.15) is 0 Å². The molecule has 1 saturated heterocycles. The zero-order chi connectivity index (χ0) is 17.9. The minimum atomic E-state index is 0.202. The van der Waals surface area contributed by atoms with Crippen molar-refractivity contribution in [3.8, 4) is 0 Å². The Hall–Kier alpha value is -1.46. The molecule has 5 heteroatoms. The number of hydrogen-bond acceptors (Lipinski definition) is 4. The number of nitrogens with zero attached hydrogens (tertiary/aromatic N) is 2. The lowest BCUT2D eigenvalue weighted by atomic mass is 9.86. The number of thiazole rings is 1. The van der Waals surface area contributed by atoms with Crippen molar-refractivity contribution in [2.75, 3.05) is 19.6 Å². The van der Waals surface area contributed by atoms with E-state index in [1.54, 1.807) is 0 Å². The summed E-state index contributed by atoms with van der Waals surface area (Å²) in [5.74, 6) is 1.28. The molecule has 2 aromatic rings. The van der Waals surface area contributed by atoms with Crippen molar-refractivity contribution in [1.29, 1.82) is 0 Å². The molecule has 1 aliphatic heterocycles. The van der Waals surface area contributed by atoms with Gasteiger partial charge < -0.3 is 5.32 Å². The van der Waals surface area contributed by atoms with Gasteiger partial charge in [-0.3, -0.25) is 9.69 Å². The molecule has 3 atom stereocenters. The fourth-order valence-corrected chi connectivity index (χ4v) is 5.54. The Morgan fingerprint density at radius 2 is 2.08 bits per heavy atom. The lowest BCUT2D eigenvalue weighted by molar-refractivity contribution is -0.123. The second-order valence-corrected chi connectivity index (χ2v) is 9.09. The summed E-state index contributed by atoms with van der Waals surface area (Å²) in [6.45, 7) is 4.78. The van der Waals surface area contributed by atoms with Crippen LogP contribution in [0.5, 0.6) is 0 Å². The maximum Gasteiger partial charge on any atom is 0.234 e. The van der Waals surface area contributed by atoms with Crippen LogP contribution in [-0.2, 0) is 4.79 Å². The number of benzene rings is 1. The first-order valence-corrected chi connectivity index (χ1v) is 10.9. The minimum Gasteiger partial charge on any atom is -0.352 e. The van der Waals surface area contributed by atoms with E-state index in [0.717, 1.165) is 31.4 Å². The number of fused-ring (bicyclic) bond motifs is 1. The van der Waals surface area contributed by atoms with E-state index in [0.29, 0.717) is 24.4 Å². The highest BCUT2D eigenvalue weighted by Gasteiger charge is 2.27. The molecule has 1 N–H and O–H groups in total. The van der Waals surface area contributed by atoms with Crippen LogP contribution in [0.1, 0.15) is 56.4 Å². The lowest BCUT2D eigenvalue weighted by Crippen LogP contribution is -2.47. The van der Waals surface area contributed by atoms with Crippen molar-refractivity contribution in [1.82, 2.24) is 15.2 Å². The van der Waals surface area contributed by atoms with Crippen molar-refractivity contribution in [2.24, 2.45) is 5.92 Å². The first-order chi connectivity index (χ1) is 12.7. The zero-order valence-electron chi connectivity index (χ0n) is 15.6. The standard InChI is InChI=1S/C21H29N3OS/c1-15-7-2-3-9-17(15)22-20(25)14-24-12-6-8-16(13-24)21-23-18-10-4-5-11-19(18)26-21/h4-5,10-11,15-17H,2-3,6-9,12-14H2,1H3,(H,22,25)/t15-,16-,17+/m0/s1. The molecule has 1 aliphatic carbocycles. The highest BCUT2D eigenvalue weighted by molar-refractivity contribution is 7.18. The van der Waals surface area contributed by atoms with Gasteiger partial charge in [-0.15, -0.1) is 11.3 Å². The maximum atomic E-state index is 12.5. The van der Waals surface area contributed by atoms with Crippen LogP contribution in [0.2, 0.25) is 0 Å². The van der Waals surface area contributed by atoms with Crippen LogP contribution in [-0.4, -0.2) is 41.5 Å². The van der Waals surface area contributed by atoms with Gasteiger partial charge in [-0.05, 0) is 50.3 Å². The SMILES string of the molecule is C[C@H]1CCCC[C@H]1NC(=O)CN1CCC[C@H](c2nc3ccccc3s2)C1. The van der Waals surface area contributed by atoms with E-state index in [9.17, 15) is 4.79 Å². The van der Waals surface area contributed by atoms with Crippen LogP contribution < -0.4 is 5.32 Å². The summed E-state index contributed by atoms with van der Waals surface area (Å²) in [5, 5.41) is 4.53. The highest BCUT2D eigenvalue weighted by Crippen LogP contribution is 2.32. The number of para-hydroxylation sites is 1. The van der Waals surface area contributed by atoms with E-state index < -0.39 is 0 Å². The smallest absolute Gasteiger partial charge is 0.234 e. The van der Waals surface area contributed by atoms with Gasteiger partial charge >= 0.3 is 0 Å². The molecular formula is C21H29N3OS. The molecule has 4 rings (SSSR count). The first kappa shape index (κ1) is 17.9. The summed E-state index contributed by atoms with van der Waals surface area (Å²) in [5.41, 5.74) is 1.11. The summed E-state index contributed by atoms with van der Waals surface area (Å²) in [6.07, 6.45) is 7.27. The highest BCUT2D eigenvalue weighted by atomic mass is 32.1. The normalized spacial score (nSPS) is 27.5. The molecule has 0 spiro atoms. The van der Waals surface area contributed by atoms with E-state index in [4.69, 9.17) is 4.98 Å². The van der Waals surface area contributed by atoms with Gasteiger partial charge in [0.2, 0.25) is 5.91 Å². The third-order valence-corrected chi connectivity index (χ3v) is 7.19. The Bertz CT molecular complexity index is 726. The Morgan fingerprint density at radius 1 is 1.23 bits per heavy atom. The van der Waals surface area contributed by atoms with Gasteiger partial charge in [-0.2, -0.15) is 0 Å². The van der Waals surface area contributed by atoms with Gasteiger partial charge in [0, 0.05) is 18.5 Å². The molecule has 1 aromatic carbocycles. The summed E-state index contributed by atoms with van der Waals surface area (Å²) >= 11 is 1.82. The van der Waals surface area contributed by atoms with Crippen molar-refractivity contribution >= 4 is 27.5 Å². The zero-order valence-corrected chi connectivity index (χ0v) is 16.4. The molecule has 0 radical (unpaired) electrons. The number of piperidine rings is 1. The Morgan fingerprint density at radius 3 is 2.92 bits per heavy atom. The number of aromatic nitrogens is 1. The molecule has 1 amide bonds. The monoisotopic (exact) mass is 371 g/mol. The number of carbonyl (C=O) groups excluding carboxylic acids is 1. The second kappa shape index (κ2) is 8.05. The van der Waals surface area contributed by atoms with Crippen molar-refractivity contribution in [2.45, 2.75) is 57.4 Å². The van der Waals surface area contributed by atoms with Crippen LogP contribution in [0, 0.1) is 5.92 Å². The Kier molecular flexibility index (Phi) is 5.55. The van der Waals surface area contributed by atoms with Crippen LogP contribution >= 0.6 is 11.3 Å². The fraction of sp³-hybridized carbons (Fsp3) is 0.619. The molecule has 2 heterocycles. The molecule has 0 unspecified atom stereocenters. The number of hydrogen-bond donors (Lipinski definition) is 1. The molecular weight excluding hydrogens is 342 g/mol. The van der Waals surface area contributed by atoms with Crippen molar-refractivity contribution in [3.63, 3.8) is 0 Å². The molecule has 2 aliphatic rings. The van der Waals surface area contributed by atoms with Crippen LogP contribution in [0.25, 0.3) is 10.2 Å². The topological polar surface area (TPSA) is 45.2 Å². The van der Waals surface area contributed by atoms with Gasteiger partial charge in [0.25, 0.3) is 0 Å². The summed E-state index contributed by atoms with van der Waals surface area (Å²) in [7, 11) is 0. The third kappa shape index (κ3) is 4.09. The van der Waals surface area contributed by atoms with Crippen molar-refractivity contribution in [3.05, 3.63) is 29.3 Å². The largest absolute Gasteiger partial charge is 0.352 e. The van der Waals surface area contributed by atoms with Crippen LogP contribution in [0.4, 0.5) is 0 Å². The minimum absolute atomic E-state index is 0.202. The summed E-state index contributed by atoms with van der Waals surface area (Å²) in [4.78, 5) is 19.7. The molecule has 2 fully saturated rings. The first-order valence-electron chi connectivity index (χ1n) is 10.1. The van der Waals surface area contributed by atoms with E-state index in [1.807, 2.05) is 11.3 Å². The van der Waals surface area contributed by atoms with E-state index in [-0.39, 0.29) is 5.91 Å². The third-order valence-electron chi connectivity index (χ3n) is 5.99. The predicted molar refractivity (Wildman–Crippen MR) is 108 cm³/mol. The molecule has 26 heavy (non-hydrogen) atoms. The van der Waals surface area contributed by atoms with Gasteiger partial charge in [0.05, 0.1) is 21.8 Å². The second-order valence-electron chi connectivity index (χ2n) is 8.03. The van der Waals surface area contributed by atoms with Crippen LogP contribution in [0.15, 0.2) is 24.3 Å². The summed E-state index contributed by atoms with van der Waals surface area (Å²) < 4.78 is 1.27. The average Bonchev–Trinajstić information content (AvgIpc) is 3.08. The Labute approximate surface area is 160 Å². The quantitative estimate of drug-likeness (QED) is 0.877. The average molecular weight is 372 g/mol. The number of amides is 1. The van der Waals surface area contributed by atoms with Gasteiger partial charge in [-0.25, -0.2) is 4.98 Å². The number of nitrogens with one attached hydrogen (secondary N) is 1. The van der Waals surface area contributed by atoms with Crippen LogP contribution in [0.3, 0.4) is 0 Å². The Balaban J connectivity index is 1.35. The van der Waals surface area contributed by atoms with Gasteiger partial charge in [0.15, 0.2) is 0 Å². The number of rotatable bonds is 4. The van der Waals surface area contributed by atoms with Crippen molar-refractivity contribution < 1.29 is 4.79 Å². The summed E-state index contributed by atoms with van der Waals surface area (Å²) in [6, 6.07) is 8.75. The molecule has 1 aromatic heterocycles.